The molecule has 228 valence electrons. The molecule has 2 fully saturated rings. The maximum atomic E-state index is 12.2. The van der Waals surface area contributed by atoms with Crippen molar-refractivity contribution in [3.63, 3.8) is 0 Å². The Labute approximate surface area is 249 Å². The van der Waals surface area contributed by atoms with Gasteiger partial charge in [0.2, 0.25) is 0 Å². The molecule has 2 aromatic rings. The molecular weight excluding hydrogens is 532 g/mol. The highest BCUT2D eigenvalue weighted by Gasteiger charge is 2.34. The number of carbonyl (C=O) groups excluding carboxylic acids is 2. The second-order valence-electron chi connectivity index (χ2n) is 13.6. The molecule has 2 atom stereocenters. The van der Waals surface area contributed by atoms with Crippen LogP contribution in [0.5, 0.6) is 0 Å². The van der Waals surface area contributed by atoms with Gasteiger partial charge in [0, 0.05) is 63.5 Å². The van der Waals surface area contributed by atoms with Crippen molar-refractivity contribution in [2.75, 3.05) is 49.9 Å². The molecule has 10 heteroatoms. The Balaban J connectivity index is 0.000000168. The third-order valence-corrected chi connectivity index (χ3v) is 8.08. The lowest BCUT2D eigenvalue weighted by Gasteiger charge is -2.24. The molecule has 2 saturated heterocycles. The van der Waals surface area contributed by atoms with Gasteiger partial charge < -0.3 is 29.9 Å². The third kappa shape index (κ3) is 7.07. The predicted molar refractivity (Wildman–Crippen MR) is 163 cm³/mol. The zero-order valence-corrected chi connectivity index (χ0v) is 26.0. The Hall–Kier alpha value is -3.56. The van der Waals surface area contributed by atoms with Gasteiger partial charge in [-0.3, -0.25) is 0 Å². The van der Waals surface area contributed by atoms with Gasteiger partial charge in [0.25, 0.3) is 0 Å². The predicted octanol–water partition coefficient (Wildman–Crippen LogP) is 5.55. The first-order valence-corrected chi connectivity index (χ1v) is 15.3. The van der Waals surface area contributed by atoms with E-state index in [9.17, 15) is 9.59 Å². The van der Waals surface area contributed by atoms with E-state index >= 15 is 0 Å². The molecule has 0 saturated carbocycles. The largest absolute Gasteiger partial charge is 0.444 e. The molecule has 0 aliphatic carbocycles. The van der Waals surface area contributed by atoms with Crippen LogP contribution in [0.25, 0.3) is 0 Å². The van der Waals surface area contributed by atoms with E-state index in [4.69, 9.17) is 9.47 Å². The minimum Gasteiger partial charge on any atom is -0.444 e. The molecule has 2 N–H and O–H groups in total. The lowest BCUT2D eigenvalue weighted by atomic mass is 9.94. The quantitative estimate of drug-likeness (QED) is 0.478. The summed E-state index contributed by atoms with van der Waals surface area (Å²) in [4.78, 5) is 36.7. The minimum absolute atomic E-state index is 0.200. The van der Waals surface area contributed by atoms with Crippen LogP contribution in [0.4, 0.5) is 21.2 Å². The molecule has 2 unspecified atom stereocenters. The van der Waals surface area contributed by atoms with Crippen LogP contribution in [-0.4, -0.2) is 82.4 Å². The molecule has 0 spiro atoms. The van der Waals surface area contributed by atoms with Crippen LogP contribution in [0.15, 0.2) is 24.5 Å². The Morgan fingerprint density at radius 2 is 1.14 bits per heavy atom. The maximum absolute atomic E-state index is 12.2. The van der Waals surface area contributed by atoms with Crippen molar-refractivity contribution in [2.45, 2.75) is 90.3 Å². The zero-order chi connectivity index (χ0) is 30.1. The van der Waals surface area contributed by atoms with Crippen LogP contribution >= 0.6 is 0 Å². The molecule has 6 heterocycles. The van der Waals surface area contributed by atoms with E-state index in [2.05, 4.69) is 32.7 Å². The lowest BCUT2D eigenvalue weighted by Crippen LogP contribution is -2.35. The third-order valence-electron chi connectivity index (χ3n) is 8.08. The first-order chi connectivity index (χ1) is 19.9. The average molecular weight is 579 g/mol. The van der Waals surface area contributed by atoms with Gasteiger partial charge in [-0.15, -0.1) is 0 Å². The highest BCUT2D eigenvalue weighted by Crippen LogP contribution is 2.36. The fourth-order valence-corrected chi connectivity index (χ4v) is 6.23. The smallest absolute Gasteiger partial charge is 0.410 e. The highest BCUT2D eigenvalue weighted by atomic mass is 16.6. The van der Waals surface area contributed by atoms with Crippen molar-refractivity contribution in [3.05, 3.63) is 46.8 Å². The van der Waals surface area contributed by atoms with Gasteiger partial charge >= 0.3 is 12.2 Å². The van der Waals surface area contributed by atoms with Gasteiger partial charge in [-0.25, -0.2) is 19.6 Å². The molecule has 0 aromatic carbocycles. The number of amides is 2. The molecule has 4 aliphatic heterocycles. The standard InChI is InChI=1S/2C16H23N3O2/c2*1-16(2,3)21-15(20)19-9-6-11(10-19)12-4-7-17-14-13(12)5-8-18-14/h2*4,7,11H,5-6,8-10H2,1-3H3,(H,17,18). The normalized spacial score (nSPS) is 21.1. The van der Waals surface area contributed by atoms with E-state index in [0.717, 1.165) is 76.6 Å². The number of ether oxygens (including phenoxy) is 2. The van der Waals surface area contributed by atoms with Crippen LogP contribution in [0, 0.1) is 0 Å². The molecule has 2 aromatic heterocycles. The van der Waals surface area contributed by atoms with E-state index in [-0.39, 0.29) is 12.2 Å². The van der Waals surface area contributed by atoms with E-state index in [1.807, 2.05) is 63.7 Å². The Morgan fingerprint density at radius 1 is 0.738 bits per heavy atom. The van der Waals surface area contributed by atoms with Crippen molar-refractivity contribution in [2.24, 2.45) is 0 Å². The van der Waals surface area contributed by atoms with Gasteiger partial charge in [0.05, 0.1) is 0 Å². The summed E-state index contributed by atoms with van der Waals surface area (Å²) in [6.07, 6.45) is 7.38. The van der Waals surface area contributed by atoms with Gasteiger partial charge in [-0.2, -0.15) is 0 Å². The summed E-state index contributed by atoms with van der Waals surface area (Å²) in [5.74, 6) is 2.83. The Morgan fingerprint density at radius 3 is 1.52 bits per heavy atom. The second kappa shape index (κ2) is 12.0. The van der Waals surface area contributed by atoms with Crippen LogP contribution in [0.3, 0.4) is 0 Å². The van der Waals surface area contributed by atoms with Gasteiger partial charge in [0.1, 0.15) is 22.8 Å². The number of fused-ring (bicyclic) bond motifs is 2. The summed E-state index contributed by atoms with van der Waals surface area (Å²) >= 11 is 0. The van der Waals surface area contributed by atoms with Crippen LogP contribution in [-0.2, 0) is 22.3 Å². The molecular formula is C32H46N6O4. The molecule has 10 nitrogen and oxygen atoms in total. The lowest BCUT2D eigenvalue weighted by molar-refractivity contribution is 0.0282. The van der Waals surface area contributed by atoms with Crippen molar-refractivity contribution in [1.29, 1.82) is 0 Å². The van der Waals surface area contributed by atoms with Gasteiger partial charge in [0.15, 0.2) is 0 Å². The summed E-state index contributed by atoms with van der Waals surface area (Å²) < 4.78 is 10.9. The summed E-state index contributed by atoms with van der Waals surface area (Å²) in [5, 5.41) is 6.63. The number of likely N-dealkylation sites (tertiary alicyclic amines) is 2. The summed E-state index contributed by atoms with van der Waals surface area (Å²) in [7, 11) is 0. The summed E-state index contributed by atoms with van der Waals surface area (Å²) in [6, 6.07) is 4.21. The number of anilines is 2. The topological polar surface area (TPSA) is 109 Å². The van der Waals surface area contributed by atoms with E-state index in [1.54, 1.807) is 0 Å². The average Bonchev–Trinajstić information content (AvgIpc) is 3.72. The molecule has 4 aliphatic rings. The second-order valence-corrected chi connectivity index (χ2v) is 13.6. The fraction of sp³-hybridized carbons (Fsp3) is 0.625. The molecule has 6 rings (SSSR count). The summed E-state index contributed by atoms with van der Waals surface area (Å²) in [5.41, 5.74) is 4.47. The van der Waals surface area contributed by atoms with E-state index < -0.39 is 11.2 Å². The fourth-order valence-electron chi connectivity index (χ4n) is 6.23. The van der Waals surface area contributed by atoms with Crippen molar-refractivity contribution in [3.8, 4) is 0 Å². The van der Waals surface area contributed by atoms with E-state index in [0.29, 0.717) is 11.8 Å². The maximum Gasteiger partial charge on any atom is 0.410 e. The number of nitrogens with one attached hydrogen (secondary N) is 2. The highest BCUT2D eigenvalue weighted by molar-refractivity contribution is 5.69. The van der Waals surface area contributed by atoms with Gasteiger partial charge in [-0.05, 0) is 102 Å². The number of hydrogen-bond acceptors (Lipinski definition) is 8. The molecule has 42 heavy (non-hydrogen) atoms. The number of hydrogen-bond donors (Lipinski definition) is 2. The summed E-state index contributed by atoms with van der Waals surface area (Å²) in [6.45, 7) is 16.4. The molecule has 0 radical (unpaired) electrons. The zero-order valence-electron chi connectivity index (χ0n) is 26.0. The number of aromatic nitrogens is 2. The van der Waals surface area contributed by atoms with Crippen molar-refractivity contribution in [1.82, 2.24) is 19.8 Å². The van der Waals surface area contributed by atoms with Crippen LogP contribution < -0.4 is 10.6 Å². The van der Waals surface area contributed by atoms with Gasteiger partial charge in [-0.1, -0.05) is 0 Å². The SMILES string of the molecule is CC(C)(C)OC(=O)N1CCC(c2ccnc3c2CCN3)C1.CC(C)(C)OC(=O)N1CCC(c2ccnc3c2CCN3)C1. The number of pyridine rings is 2. The first-order valence-electron chi connectivity index (χ1n) is 15.3. The van der Waals surface area contributed by atoms with Crippen molar-refractivity contribution >= 4 is 23.8 Å². The number of nitrogens with zero attached hydrogens (tertiary/aromatic N) is 4. The number of carbonyl (C=O) groups is 2. The Kier molecular flexibility index (Phi) is 8.53. The number of rotatable bonds is 2. The van der Waals surface area contributed by atoms with Crippen LogP contribution in [0.1, 0.15) is 88.5 Å². The van der Waals surface area contributed by atoms with Crippen LogP contribution in [0.2, 0.25) is 0 Å². The monoisotopic (exact) mass is 578 g/mol. The Bertz CT molecular complexity index is 1200. The minimum atomic E-state index is -0.434. The van der Waals surface area contributed by atoms with Crippen molar-refractivity contribution < 1.29 is 19.1 Å². The molecule has 2 amide bonds. The molecule has 0 bridgehead atoms. The van der Waals surface area contributed by atoms with E-state index in [1.165, 1.54) is 22.3 Å². The first kappa shape index (κ1) is 29.9.